The average molecular weight is 913 g/mol. The van der Waals surface area contributed by atoms with E-state index in [1.165, 1.54) is 134 Å². The SMILES string of the molecule is c1ccc(C2=C(c3ccccc3)C(c3cccc(-c4ccc(-c5ccccc5)cc4)c3)=C3C2=C(c2cccc(-c4ccc(-c5ccccc5)cc4)c2)c2cc(-c4ccccc4)c(-c4ccccc4)cc23)cc1. The first-order chi connectivity index (χ1) is 35.7. The Hall–Kier alpha value is -9.36. The molecule has 0 radical (unpaired) electrons. The lowest BCUT2D eigenvalue weighted by Crippen LogP contribution is -1.97. The van der Waals surface area contributed by atoms with Crippen LogP contribution in [0.1, 0.15) is 33.4 Å². The topological polar surface area (TPSA) is 0 Å². The molecule has 0 bridgehead atoms. The van der Waals surface area contributed by atoms with Gasteiger partial charge in [0.05, 0.1) is 0 Å². The van der Waals surface area contributed by atoms with E-state index < -0.39 is 0 Å². The summed E-state index contributed by atoms with van der Waals surface area (Å²) in [5.41, 5.74) is 29.1. The van der Waals surface area contributed by atoms with Crippen molar-refractivity contribution in [1.29, 1.82) is 0 Å². The molecule has 0 fully saturated rings. The second-order valence-corrected chi connectivity index (χ2v) is 18.7. The monoisotopic (exact) mass is 912 g/mol. The molecule has 11 aromatic rings. The Kier molecular flexibility index (Phi) is 11.0. The zero-order valence-electron chi connectivity index (χ0n) is 39.7. The number of fused-ring (bicyclic) bond motifs is 3. The maximum Gasteiger partial charge on any atom is -0.000137 e. The van der Waals surface area contributed by atoms with Crippen LogP contribution < -0.4 is 0 Å². The summed E-state index contributed by atoms with van der Waals surface area (Å²) in [6, 6.07) is 107. The van der Waals surface area contributed by atoms with Crippen molar-refractivity contribution in [2.75, 3.05) is 0 Å². The summed E-state index contributed by atoms with van der Waals surface area (Å²) >= 11 is 0. The van der Waals surface area contributed by atoms with Crippen LogP contribution in [0.15, 0.2) is 297 Å². The number of hydrogen-bond donors (Lipinski definition) is 0. The van der Waals surface area contributed by atoms with E-state index in [0.29, 0.717) is 0 Å². The predicted molar refractivity (Wildman–Crippen MR) is 304 cm³/mol. The summed E-state index contributed by atoms with van der Waals surface area (Å²) in [7, 11) is 0. The molecule has 0 saturated carbocycles. The molecule has 11 aromatic carbocycles. The molecule has 0 unspecified atom stereocenters. The molecule has 336 valence electrons. The van der Waals surface area contributed by atoms with Gasteiger partial charge in [-0.3, -0.25) is 0 Å². The molecule has 0 spiro atoms. The standard InChI is InChI=1S/C72H48/c1-7-21-49(22-8-1)51-37-41-53(42-38-51)59-33-19-35-61(45-59)67-65-47-63(55-25-11-3-12-26-55)64(56-27-13-4-14-28-56)48-66(65)71-70(68(57-29-15-5-16-30-57)69(72(67)71)58-31-17-6-18-32-58)62-36-20-34-60(46-62)54-43-39-52(40-44-54)50-23-9-2-10-24-50/h1-48H. The first-order valence-electron chi connectivity index (χ1n) is 24.9. The Morgan fingerprint density at radius 2 is 0.361 bits per heavy atom. The van der Waals surface area contributed by atoms with Crippen LogP contribution in [0.4, 0.5) is 0 Å². The largest absolute Gasteiger partial charge is 0.0622 e. The van der Waals surface area contributed by atoms with Crippen LogP contribution in [-0.4, -0.2) is 0 Å². The fourth-order valence-corrected chi connectivity index (χ4v) is 11.1. The van der Waals surface area contributed by atoms with Crippen LogP contribution in [0, 0.1) is 0 Å². The number of benzene rings is 11. The molecule has 0 nitrogen and oxygen atoms in total. The normalized spacial score (nSPS) is 12.8. The van der Waals surface area contributed by atoms with Crippen molar-refractivity contribution in [3.63, 3.8) is 0 Å². The molecule has 2 aliphatic rings. The van der Waals surface area contributed by atoms with E-state index >= 15 is 0 Å². The second-order valence-electron chi connectivity index (χ2n) is 18.7. The quantitative estimate of drug-likeness (QED) is 0.128. The van der Waals surface area contributed by atoms with E-state index in [9.17, 15) is 0 Å². The van der Waals surface area contributed by atoms with Crippen molar-refractivity contribution in [3.8, 4) is 66.8 Å². The van der Waals surface area contributed by atoms with Crippen LogP contribution >= 0.6 is 0 Å². The molecule has 0 saturated heterocycles. The van der Waals surface area contributed by atoms with Gasteiger partial charge in [0.15, 0.2) is 0 Å². The summed E-state index contributed by atoms with van der Waals surface area (Å²) < 4.78 is 0. The third kappa shape index (κ3) is 7.77. The highest BCUT2D eigenvalue weighted by Gasteiger charge is 2.41. The van der Waals surface area contributed by atoms with Gasteiger partial charge in [-0.1, -0.05) is 267 Å². The van der Waals surface area contributed by atoms with Crippen LogP contribution in [0.2, 0.25) is 0 Å². The highest BCUT2D eigenvalue weighted by atomic mass is 14.4. The van der Waals surface area contributed by atoms with Crippen molar-refractivity contribution in [2.45, 2.75) is 0 Å². The van der Waals surface area contributed by atoms with Gasteiger partial charge in [0.1, 0.15) is 0 Å². The summed E-state index contributed by atoms with van der Waals surface area (Å²) in [6.45, 7) is 0. The smallest absolute Gasteiger partial charge is 0.000137 e. The summed E-state index contributed by atoms with van der Waals surface area (Å²) in [5, 5.41) is 0. The first-order valence-corrected chi connectivity index (χ1v) is 24.9. The Morgan fingerprint density at radius 1 is 0.111 bits per heavy atom. The number of rotatable bonds is 10. The summed E-state index contributed by atoms with van der Waals surface area (Å²) in [4.78, 5) is 0. The fraction of sp³-hybridized carbons (Fsp3) is 0. The Labute approximate surface area is 422 Å². The molecule has 0 heterocycles. The summed E-state index contributed by atoms with van der Waals surface area (Å²) in [6.07, 6.45) is 0. The van der Waals surface area contributed by atoms with E-state index in [0.717, 1.165) is 0 Å². The number of allylic oxidation sites excluding steroid dienone is 5. The lowest BCUT2D eigenvalue weighted by molar-refractivity contribution is 1.51. The Bertz CT molecular complexity index is 3860. The van der Waals surface area contributed by atoms with Gasteiger partial charge in [-0.25, -0.2) is 0 Å². The molecule has 72 heavy (non-hydrogen) atoms. The molecular weight excluding hydrogens is 865 g/mol. The van der Waals surface area contributed by atoms with Gasteiger partial charge in [-0.15, -0.1) is 0 Å². The van der Waals surface area contributed by atoms with Crippen LogP contribution in [0.3, 0.4) is 0 Å². The van der Waals surface area contributed by atoms with E-state index in [4.69, 9.17) is 0 Å². The van der Waals surface area contributed by atoms with Crippen molar-refractivity contribution in [1.82, 2.24) is 0 Å². The molecule has 0 atom stereocenters. The molecular formula is C72H48. The van der Waals surface area contributed by atoms with E-state index in [2.05, 4.69) is 291 Å². The molecule has 2 aliphatic carbocycles. The molecule has 0 amide bonds. The lowest BCUT2D eigenvalue weighted by Gasteiger charge is -2.19. The highest BCUT2D eigenvalue weighted by Crippen LogP contribution is 2.62. The average Bonchev–Trinajstić information content (AvgIpc) is 3.99. The van der Waals surface area contributed by atoms with Crippen LogP contribution in [-0.2, 0) is 0 Å². The van der Waals surface area contributed by atoms with Crippen LogP contribution in [0.25, 0.3) is 94.6 Å². The minimum absolute atomic E-state index is 1.18. The van der Waals surface area contributed by atoms with Gasteiger partial charge in [0.25, 0.3) is 0 Å². The van der Waals surface area contributed by atoms with Gasteiger partial charge in [0, 0.05) is 0 Å². The molecule has 0 heteroatoms. The lowest BCUT2D eigenvalue weighted by atomic mass is 9.84. The highest BCUT2D eigenvalue weighted by molar-refractivity contribution is 6.39. The third-order valence-corrected chi connectivity index (χ3v) is 14.4. The zero-order chi connectivity index (χ0) is 47.8. The van der Waals surface area contributed by atoms with Crippen molar-refractivity contribution >= 4 is 27.9 Å². The molecule has 0 aromatic heterocycles. The van der Waals surface area contributed by atoms with Crippen molar-refractivity contribution < 1.29 is 0 Å². The van der Waals surface area contributed by atoms with Crippen LogP contribution in [0.5, 0.6) is 0 Å². The van der Waals surface area contributed by atoms with Gasteiger partial charge >= 0.3 is 0 Å². The maximum absolute atomic E-state index is 2.50. The summed E-state index contributed by atoms with van der Waals surface area (Å²) in [5.74, 6) is 0. The molecule has 0 aliphatic heterocycles. The third-order valence-electron chi connectivity index (χ3n) is 14.4. The molecule has 13 rings (SSSR count). The van der Waals surface area contributed by atoms with E-state index in [-0.39, 0.29) is 0 Å². The first kappa shape index (κ1) is 42.7. The molecule has 0 N–H and O–H groups in total. The van der Waals surface area contributed by atoms with E-state index in [1.807, 2.05) is 0 Å². The van der Waals surface area contributed by atoms with E-state index in [1.54, 1.807) is 0 Å². The minimum atomic E-state index is 1.18. The number of hydrogen-bond acceptors (Lipinski definition) is 0. The fourth-order valence-electron chi connectivity index (χ4n) is 11.1. The van der Waals surface area contributed by atoms with Gasteiger partial charge in [0.2, 0.25) is 0 Å². The second kappa shape index (κ2) is 18.5. The predicted octanol–water partition coefficient (Wildman–Crippen LogP) is 19.0. The van der Waals surface area contributed by atoms with Crippen molar-refractivity contribution in [3.05, 3.63) is 330 Å². The van der Waals surface area contributed by atoms with Crippen molar-refractivity contribution in [2.24, 2.45) is 0 Å². The maximum atomic E-state index is 2.50. The zero-order valence-corrected chi connectivity index (χ0v) is 39.7. The Balaban J connectivity index is 1.10. The van der Waals surface area contributed by atoms with Gasteiger partial charge < -0.3 is 0 Å². The van der Waals surface area contributed by atoms with Gasteiger partial charge in [-0.05, 0) is 158 Å². The van der Waals surface area contributed by atoms with Gasteiger partial charge in [-0.2, -0.15) is 0 Å². The minimum Gasteiger partial charge on any atom is -0.0622 e. The Morgan fingerprint density at radius 3 is 0.750 bits per heavy atom.